The summed E-state index contributed by atoms with van der Waals surface area (Å²) in [7, 11) is -1.70. The lowest BCUT2D eigenvalue weighted by Gasteiger charge is -2.31. The van der Waals surface area contributed by atoms with Crippen LogP contribution >= 0.6 is 27.3 Å². The van der Waals surface area contributed by atoms with Crippen molar-refractivity contribution in [2.24, 2.45) is 5.92 Å². The zero-order valence-corrected chi connectivity index (χ0v) is 14.3. The fraction of sp³-hybridized carbons (Fsp3) is 0.667. The molecule has 0 aromatic carbocycles. The van der Waals surface area contributed by atoms with E-state index in [0.29, 0.717) is 30.5 Å². The van der Waals surface area contributed by atoms with Gasteiger partial charge in [-0.15, -0.1) is 11.3 Å². The van der Waals surface area contributed by atoms with E-state index in [1.807, 2.05) is 6.92 Å². The van der Waals surface area contributed by atoms with Gasteiger partial charge in [-0.3, -0.25) is 0 Å². The lowest BCUT2D eigenvalue weighted by atomic mass is 10.0. The molecule has 4 nitrogen and oxygen atoms in total. The first kappa shape index (κ1) is 15.4. The van der Waals surface area contributed by atoms with Crippen LogP contribution in [0.4, 0.5) is 0 Å². The van der Waals surface area contributed by atoms with Crippen LogP contribution in [0.2, 0.25) is 0 Å². The highest BCUT2D eigenvalue weighted by molar-refractivity contribution is 9.11. The predicted octanol–water partition coefficient (Wildman–Crippen LogP) is 2.87. The van der Waals surface area contributed by atoms with Gasteiger partial charge in [-0.2, -0.15) is 4.31 Å². The van der Waals surface area contributed by atoms with Crippen LogP contribution in [0, 0.1) is 12.8 Å². The van der Waals surface area contributed by atoms with Crippen molar-refractivity contribution >= 4 is 37.3 Å². The molecule has 1 aromatic heterocycles. The Hall–Kier alpha value is 0.0500. The zero-order chi connectivity index (χ0) is 14.0. The van der Waals surface area contributed by atoms with Gasteiger partial charge in [0.2, 0.25) is 10.0 Å². The normalized spacial score (nSPS) is 21.7. The third-order valence-corrected chi connectivity index (χ3v) is 7.02. The Morgan fingerprint density at radius 1 is 1.58 bits per heavy atom. The van der Waals surface area contributed by atoms with E-state index in [2.05, 4.69) is 15.9 Å². The smallest absolute Gasteiger partial charge is 0.244 e. The molecule has 1 aliphatic rings. The highest BCUT2D eigenvalue weighted by Gasteiger charge is 2.32. The minimum Gasteiger partial charge on any atom is -0.384 e. The Morgan fingerprint density at radius 2 is 2.32 bits per heavy atom. The molecule has 1 fully saturated rings. The van der Waals surface area contributed by atoms with Crippen LogP contribution in [-0.2, 0) is 14.8 Å². The summed E-state index contributed by atoms with van der Waals surface area (Å²) in [5.74, 6) is 0.302. The molecule has 0 bridgehead atoms. The summed E-state index contributed by atoms with van der Waals surface area (Å²) in [6.07, 6.45) is 1.93. The van der Waals surface area contributed by atoms with Crippen LogP contribution in [0.3, 0.4) is 0 Å². The minimum absolute atomic E-state index is 0.302. The van der Waals surface area contributed by atoms with Crippen LogP contribution in [-0.4, -0.2) is 39.5 Å². The quantitative estimate of drug-likeness (QED) is 0.821. The lowest BCUT2D eigenvalue weighted by molar-refractivity contribution is 0.118. The monoisotopic (exact) mass is 367 g/mol. The zero-order valence-electron chi connectivity index (χ0n) is 11.1. The van der Waals surface area contributed by atoms with E-state index in [9.17, 15) is 8.42 Å². The van der Waals surface area contributed by atoms with Crippen LogP contribution in [0.15, 0.2) is 14.7 Å². The molecular formula is C12H18BrNO3S2. The van der Waals surface area contributed by atoms with E-state index >= 15 is 0 Å². The van der Waals surface area contributed by atoms with Gasteiger partial charge in [0.1, 0.15) is 0 Å². The Labute approximate surface area is 126 Å². The summed E-state index contributed by atoms with van der Waals surface area (Å²) >= 11 is 4.81. The Kier molecular flexibility index (Phi) is 5.05. The molecule has 0 radical (unpaired) electrons. The molecule has 1 saturated heterocycles. The maximum atomic E-state index is 12.6. The Balaban J connectivity index is 2.22. The molecule has 1 atom stereocenters. The first-order chi connectivity index (χ1) is 8.95. The van der Waals surface area contributed by atoms with E-state index in [4.69, 9.17) is 4.74 Å². The Bertz CT molecular complexity index is 539. The number of hydrogen-bond acceptors (Lipinski definition) is 4. The number of piperidine rings is 1. The second-order valence-electron chi connectivity index (χ2n) is 4.80. The van der Waals surface area contributed by atoms with E-state index in [1.165, 1.54) is 11.3 Å². The SMILES string of the molecule is COCC1CCCN(S(=O)(=O)c2cc(Br)sc2C)C1. The van der Waals surface area contributed by atoms with Gasteiger partial charge in [0, 0.05) is 25.1 Å². The average molecular weight is 368 g/mol. The van der Waals surface area contributed by atoms with Crippen molar-refractivity contribution in [3.63, 3.8) is 0 Å². The molecule has 1 aliphatic heterocycles. The van der Waals surface area contributed by atoms with E-state index in [0.717, 1.165) is 21.5 Å². The van der Waals surface area contributed by atoms with Crippen LogP contribution in [0.5, 0.6) is 0 Å². The van der Waals surface area contributed by atoms with E-state index < -0.39 is 10.0 Å². The molecule has 0 aliphatic carbocycles. The van der Waals surface area contributed by atoms with Crippen molar-refractivity contribution in [3.05, 3.63) is 14.7 Å². The number of rotatable bonds is 4. The largest absolute Gasteiger partial charge is 0.384 e. The van der Waals surface area contributed by atoms with Crippen molar-refractivity contribution in [1.29, 1.82) is 0 Å². The molecule has 108 valence electrons. The van der Waals surface area contributed by atoms with Gasteiger partial charge < -0.3 is 4.74 Å². The third-order valence-electron chi connectivity index (χ3n) is 3.34. The summed E-state index contributed by atoms with van der Waals surface area (Å²) in [6.45, 7) is 3.63. The van der Waals surface area contributed by atoms with Gasteiger partial charge in [0.15, 0.2) is 0 Å². The van der Waals surface area contributed by atoms with Crippen molar-refractivity contribution in [1.82, 2.24) is 4.31 Å². The van der Waals surface area contributed by atoms with E-state index in [1.54, 1.807) is 17.5 Å². The first-order valence-electron chi connectivity index (χ1n) is 6.20. The molecule has 19 heavy (non-hydrogen) atoms. The first-order valence-corrected chi connectivity index (χ1v) is 9.25. The number of methoxy groups -OCH3 is 1. The molecule has 2 heterocycles. The van der Waals surface area contributed by atoms with Crippen LogP contribution < -0.4 is 0 Å². The number of hydrogen-bond donors (Lipinski definition) is 0. The number of aryl methyl sites for hydroxylation is 1. The van der Waals surface area contributed by atoms with Crippen molar-refractivity contribution in [2.75, 3.05) is 26.8 Å². The molecule has 1 unspecified atom stereocenters. The Morgan fingerprint density at radius 3 is 2.89 bits per heavy atom. The van der Waals surface area contributed by atoms with E-state index in [-0.39, 0.29) is 0 Å². The van der Waals surface area contributed by atoms with Crippen LogP contribution in [0.25, 0.3) is 0 Å². The number of ether oxygens (including phenoxy) is 1. The molecule has 1 aromatic rings. The average Bonchev–Trinajstić information content (AvgIpc) is 2.70. The van der Waals surface area contributed by atoms with Crippen molar-refractivity contribution in [3.8, 4) is 0 Å². The molecule has 0 N–H and O–H groups in total. The molecule has 7 heteroatoms. The molecular weight excluding hydrogens is 350 g/mol. The number of sulfonamides is 1. The lowest BCUT2D eigenvalue weighted by Crippen LogP contribution is -2.41. The number of nitrogens with zero attached hydrogens (tertiary/aromatic N) is 1. The highest BCUT2D eigenvalue weighted by Crippen LogP contribution is 2.33. The van der Waals surface area contributed by atoms with Gasteiger partial charge in [-0.1, -0.05) is 0 Å². The fourth-order valence-electron chi connectivity index (χ4n) is 2.44. The van der Waals surface area contributed by atoms with Gasteiger partial charge in [0.05, 0.1) is 15.3 Å². The second kappa shape index (κ2) is 6.22. The fourth-order valence-corrected chi connectivity index (χ4v) is 6.38. The summed E-state index contributed by atoms with van der Waals surface area (Å²) in [5.41, 5.74) is 0. The number of halogens is 1. The topological polar surface area (TPSA) is 46.6 Å². The maximum Gasteiger partial charge on any atom is 0.244 e. The van der Waals surface area contributed by atoms with Gasteiger partial charge in [0.25, 0.3) is 0 Å². The van der Waals surface area contributed by atoms with Gasteiger partial charge in [-0.05, 0) is 47.7 Å². The number of thiophene rings is 1. The molecule has 2 rings (SSSR count). The summed E-state index contributed by atoms with van der Waals surface area (Å²) in [6, 6.07) is 1.70. The standard InChI is InChI=1S/C12H18BrNO3S2/c1-9-11(6-12(13)18-9)19(15,16)14-5-3-4-10(7-14)8-17-2/h6,10H,3-5,7-8H2,1-2H3. The summed E-state index contributed by atoms with van der Waals surface area (Å²) in [4.78, 5) is 1.27. The van der Waals surface area contributed by atoms with Crippen molar-refractivity contribution < 1.29 is 13.2 Å². The van der Waals surface area contributed by atoms with Gasteiger partial charge in [-0.25, -0.2) is 8.42 Å². The second-order valence-corrected chi connectivity index (χ2v) is 9.34. The van der Waals surface area contributed by atoms with Crippen LogP contribution in [0.1, 0.15) is 17.7 Å². The minimum atomic E-state index is -3.36. The molecule has 0 amide bonds. The molecule has 0 spiro atoms. The third kappa shape index (κ3) is 3.39. The van der Waals surface area contributed by atoms with Crippen molar-refractivity contribution in [2.45, 2.75) is 24.7 Å². The highest BCUT2D eigenvalue weighted by atomic mass is 79.9. The predicted molar refractivity (Wildman–Crippen MR) is 80.1 cm³/mol. The maximum absolute atomic E-state index is 12.6. The van der Waals surface area contributed by atoms with Gasteiger partial charge >= 0.3 is 0 Å². The summed E-state index contributed by atoms with van der Waals surface area (Å²) < 4.78 is 32.9. The summed E-state index contributed by atoms with van der Waals surface area (Å²) in [5, 5.41) is 0. The molecule has 0 saturated carbocycles.